The Labute approximate surface area is 148 Å². The fourth-order valence-electron chi connectivity index (χ4n) is 4.97. The summed E-state index contributed by atoms with van der Waals surface area (Å²) in [4.78, 5) is 15.8. The summed E-state index contributed by atoms with van der Waals surface area (Å²) in [5.74, 6) is 1.67. The largest absolute Gasteiger partial charge is 0.384 e. The minimum atomic E-state index is -0.0373. The van der Waals surface area contributed by atoms with Gasteiger partial charge in [-0.2, -0.15) is 0 Å². The maximum Gasteiger partial charge on any atom is 0.226 e. The molecule has 4 atom stereocenters. The zero-order valence-electron chi connectivity index (χ0n) is 16.5. The normalized spacial score (nSPS) is 32.6. The van der Waals surface area contributed by atoms with Crippen LogP contribution in [0.25, 0.3) is 0 Å². The molecule has 0 bridgehead atoms. The fraction of sp³-hybridized carbons (Fsp3) is 0.950. The van der Waals surface area contributed by atoms with E-state index in [9.17, 15) is 4.79 Å². The van der Waals surface area contributed by atoms with Crippen LogP contribution < -0.4 is 0 Å². The van der Waals surface area contributed by atoms with Crippen molar-refractivity contribution in [1.29, 1.82) is 0 Å². The maximum atomic E-state index is 13.6. The van der Waals surface area contributed by atoms with Crippen molar-refractivity contribution in [2.45, 2.75) is 59.9 Å². The van der Waals surface area contributed by atoms with E-state index in [1.807, 2.05) is 0 Å². The van der Waals surface area contributed by atoms with Gasteiger partial charge in [-0.1, -0.05) is 34.6 Å². The third-order valence-corrected chi connectivity index (χ3v) is 6.04. The Morgan fingerprint density at radius 1 is 1.33 bits per heavy atom. The first-order valence-electron chi connectivity index (χ1n) is 9.67. The Balaban J connectivity index is 2.21. The molecule has 2 aliphatic heterocycles. The highest BCUT2D eigenvalue weighted by molar-refractivity contribution is 5.80. The number of carbonyl (C=O) groups is 1. The summed E-state index contributed by atoms with van der Waals surface area (Å²) in [6, 6.07) is 0.340. The average Bonchev–Trinajstić information content (AvgIpc) is 2.92. The maximum absolute atomic E-state index is 13.6. The predicted octanol–water partition coefficient (Wildman–Crippen LogP) is 3.59. The van der Waals surface area contributed by atoms with Crippen LogP contribution in [0.3, 0.4) is 0 Å². The molecule has 0 N–H and O–H groups in total. The van der Waals surface area contributed by atoms with Gasteiger partial charge in [-0.25, -0.2) is 0 Å². The molecule has 2 fully saturated rings. The third kappa shape index (κ3) is 4.13. The molecule has 140 valence electrons. The van der Waals surface area contributed by atoms with E-state index in [0.717, 1.165) is 39.0 Å². The SMILES string of the molecule is COCC1C[C@@H](C(C)C)N(C(=O)C(C(C)C)C2(C)CCCOC2)C1. The molecule has 4 nitrogen and oxygen atoms in total. The third-order valence-electron chi connectivity index (χ3n) is 6.04. The topological polar surface area (TPSA) is 38.8 Å². The van der Waals surface area contributed by atoms with Gasteiger partial charge in [0.15, 0.2) is 0 Å². The molecule has 0 aromatic rings. The molecular formula is C20H37NO3. The molecule has 0 aromatic heterocycles. The Kier molecular flexibility index (Phi) is 6.72. The fourth-order valence-corrected chi connectivity index (χ4v) is 4.97. The molecule has 3 unspecified atom stereocenters. The number of nitrogens with zero attached hydrogens (tertiary/aromatic N) is 1. The van der Waals surface area contributed by atoms with E-state index in [2.05, 4.69) is 39.5 Å². The van der Waals surface area contributed by atoms with Crippen LogP contribution in [0.15, 0.2) is 0 Å². The van der Waals surface area contributed by atoms with Gasteiger partial charge >= 0.3 is 0 Å². The van der Waals surface area contributed by atoms with E-state index in [-0.39, 0.29) is 11.3 Å². The summed E-state index contributed by atoms with van der Waals surface area (Å²) in [7, 11) is 1.76. The summed E-state index contributed by atoms with van der Waals surface area (Å²) in [6.07, 6.45) is 3.21. The Morgan fingerprint density at radius 3 is 2.54 bits per heavy atom. The van der Waals surface area contributed by atoms with E-state index >= 15 is 0 Å². The predicted molar refractivity (Wildman–Crippen MR) is 96.8 cm³/mol. The first-order valence-corrected chi connectivity index (χ1v) is 9.67. The molecule has 2 rings (SSSR count). The van der Waals surface area contributed by atoms with Crippen molar-refractivity contribution in [3.8, 4) is 0 Å². The molecule has 0 aliphatic carbocycles. The van der Waals surface area contributed by atoms with Crippen LogP contribution in [0.1, 0.15) is 53.9 Å². The molecule has 1 amide bonds. The van der Waals surface area contributed by atoms with Gasteiger partial charge in [0.2, 0.25) is 5.91 Å². The van der Waals surface area contributed by atoms with Gasteiger partial charge in [0, 0.05) is 43.6 Å². The first kappa shape index (κ1) is 19.7. The number of likely N-dealkylation sites (tertiary alicyclic amines) is 1. The highest BCUT2D eigenvalue weighted by Crippen LogP contribution is 2.43. The number of carbonyl (C=O) groups excluding carboxylic acids is 1. The zero-order valence-corrected chi connectivity index (χ0v) is 16.5. The molecule has 24 heavy (non-hydrogen) atoms. The van der Waals surface area contributed by atoms with E-state index in [1.54, 1.807) is 7.11 Å². The molecule has 2 aliphatic rings. The van der Waals surface area contributed by atoms with Crippen LogP contribution in [0.4, 0.5) is 0 Å². The monoisotopic (exact) mass is 339 g/mol. The van der Waals surface area contributed by atoms with Crippen LogP contribution >= 0.6 is 0 Å². The van der Waals surface area contributed by atoms with Crippen molar-refractivity contribution in [2.75, 3.05) is 33.5 Å². The summed E-state index contributed by atoms with van der Waals surface area (Å²) in [5, 5.41) is 0. The Bertz CT molecular complexity index is 415. The van der Waals surface area contributed by atoms with E-state index in [4.69, 9.17) is 9.47 Å². The Morgan fingerprint density at radius 2 is 2.04 bits per heavy atom. The van der Waals surface area contributed by atoms with Gasteiger partial charge in [-0.15, -0.1) is 0 Å². The van der Waals surface area contributed by atoms with Gasteiger partial charge in [0.1, 0.15) is 0 Å². The standard InChI is InChI=1S/C20H37NO3/c1-14(2)17-10-16(12-23-6)11-21(17)19(22)18(15(3)4)20(5)8-7-9-24-13-20/h14-18H,7-13H2,1-6H3/t16?,17-,18?,20?/m0/s1. The molecule has 2 saturated heterocycles. The number of amides is 1. The van der Waals surface area contributed by atoms with Crippen molar-refractivity contribution in [3.05, 3.63) is 0 Å². The van der Waals surface area contributed by atoms with Crippen LogP contribution in [0.5, 0.6) is 0 Å². The van der Waals surface area contributed by atoms with Crippen molar-refractivity contribution in [3.63, 3.8) is 0 Å². The number of hydrogen-bond donors (Lipinski definition) is 0. The zero-order chi connectivity index (χ0) is 17.9. The summed E-state index contributed by atoms with van der Waals surface area (Å²) >= 11 is 0. The van der Waals surface area contributed by atoms with Gasteiger partial charge in [0.25, 0.3) is 0 Å². The van der Waals surface area contributed by atoms with Crippen LogP contribution in [-0.4, -0.2) is 50.3 Å². The van der Waals surface area contributed by atoms with Crippen LogP contribution in [0, 0.1) is 29.1 Å². The molecule has 0 aromatic carbocycles. The highest BCUT2D eigenvalue weighted by atomic mass is 16.5. The summed E-state index contributed by atoms with van der Waals surface area (Å²) in [5.41, 5.74) is -0.0373. The molecule has 0 radical (unpaired) electrons. The molecular weight excluding hydrogens is 302 g/mol. The summed E-state index contributed by atoms with van der Waals surface area (Å²) < 4.78 is 11.1. The number of rotatable bonds is 6. The van der Waals surface area contributed by atoms with Crippen LogP contribution in [0.2, 0.25) is 0 Å². The van der Waals surface area contributed by atoms with Crippen molar-refractivity contribution in [2.24, 2.45) is 29.1 Å². The van der Waals surface area contributed by atoms with Crippen molar-refractivity contribution < 1.29 is 14.3 Å². The lowest BCUT2D eigenvalue weighted by molar-refractivity contribution is -0.149. The van der Waals surface area contributed by atoms with Crippen molar-refractivity contribution >= 4 is 5.91 Å². The lowest BCUT2D eigenvalue weighted by Gasteiger charge is -2.44. The number of hydrogen-bond acceptors (Lipinski definition) is 3. The van der Waals surface area contributed by atoms with Gasteiger partial charge in [-0.3, -0.25) is 4.79 Å². The van der Waals surface area contributed by atoms with Gasteiger partial charge in [0.05, 0.1) is 13.2 Å². The van der Waals surface area contributed by atoms with Gasteiger partial charge in [-0.05, 0) is 31.1 Å². The molecule has 0 spiro atoms. The first-order chi connectivity index (χ1) is 11.3. The molecule has 4 heteroatoms. The van der Waals surface area contributed by atoms with E-state index in [1.165, 1.54) is 0 Å². The number of ether oxygens (including phenoxy) is 2. The molecule has 2 heterocycles. The van der Waals surface area contributed by atoms with Gasteiger partial charge < -0.3 is 14.4 Å². The second-order valence-electron chi connectivity index (χ2n) is 8.89. The second-order valence-corrected chi connectivity index (χ2v) is 8.89. The van der Waals surface area contributed by atoms with E-state index < -0.39 is 0 Å². The molecule has 0 saturated carbocycles. The Hall–Kier alpha value is -0.610. The second kappa shape index (κ2) is 8.18. The van der Waals surface area contributed by atoms with Crippen LogP contribution in [-0.2, 0) is 14.3 Å². The van der Waals surface area contributed by atoms with E-state index in [0.29, 0.717) is 36.3 Å². The quantitative estimate of drug-likeness (QED) is 0.742. The smallest absolute Gasteiger partial charge is 0.226 e. The van der Waals surface area contributed by atoms with Crippen molar-refractivity contribution in [1.82, 2.24) is 4.90 Å². The average molecular weight is 340 g/mol. The highest BCUT2D eigenvalue weighted by Gasteiger charge is 2.47. The minimum absolute atomic E-state index is 0.0373. The minimum Gasteiger partial charge on any atom is -0.384 e. The lowest BCUT2D eigenvalue weighted by atomic mass is 9.68. The number of methoxy groups -OCH3 is 1. The summed E-state index contributed by atoms with van der Waals surface area (Å²) in [6.45, 7) is 14.2. The lowest BCUT2D eigenvalue weighted by Crippen LogP contribution is -2.51.